The van der Waals surface area contributed by atoms with Gasteiger partial charge in [-0.25, -0.2) is 4.79 Å². The van der Waals surface area contributed by atoms with E-state index in [4.69, 9.17) is 14.7 Å². The number of hydrogen-bond acceptors (Lipinski definition) is 4. The van der Waals surface area contributed by atoms with Crippen LogP contribution in [0.15, 0.2) is 59.9 Å². The van der Waals surface area contributed by atoms with Gasteiger partial charge in [-0.2, -0.15) is 0 Å². The molecule has 3 aromatic rings. The van der Waals surface area contributed by atoms with E-state index >= 15 is 0 Å². The highest BCUT2D eigenvalue weighted by Crippen LogP contribution is 2.29. The number of ether oxygens (including phenoxy) is 1. The zero-order valence-electron chi connectivity index (χ0n) is 18.5. The minimum absolute atomic E-state index is 0.346. The first-order valence-electron chi connectivity index (χ1n) is 11.3. The van der Waals surface area contributed by atoms with Gasteiger partial charge >= 0.3 is 5.97 Å². The third-order valence-corrected chi connectivity index (χ3v) is 6.08. The summed E-state index contributed by atoms with van der Waals surface area (Å²) in [7, 11) is 0. The van der Waals surface area contributed by atoms with Crippen LogP contribution in [-0.2, 0) is 16.2 Å². The summed E-state index contributed by atoms with van der Waals surface area (Å²) in [4.78, 5) is 16.6. The Kier molecular flexibility index (Phi) is 7.10. The number of rotatable bonds is 9. The van der Waals surface area contributed by atoms with Gasteiger partial charge in [-0.3, -0.25) is 0 Å². The lowest BCUT2D eigenvalue weighted by Crippen LogP contribution is -2.20. The number of carbonyl (C=O) groups is 1. The molecule has 0 saturated heterocycles. The number of fused-ring (bicyclic) bond motifs is 1. The third kappa shape index (κ3) is 5.31. The molecule has 0 radical (unpaired) electrons. The molecule has 32 heavy (non-hydrogen) atoms. The number of nitrogens with zero attached hydrogens (tertiary/aromatic N) is 2. The van der Waals surface area contributed by atoms with Gasteiger partial charge in [0.2, 0.25) is 0 Å². The van der Waals surface area contributed by atoms with E-state index in [9.17, 15) is 4.79 Å². The molecule has 0 unspecified atom stereocenters. The quantitative estimate of drug-likeness (QED) is 0.277. The lowest BCUT2D eigenvalue weighted by atomic mass is 9.83. The van der Waals surface area contributed by atoms with E-state index in [1.54, 1.807) is 0 Å². The van der Waals surface area contributed by atoms with E-state index in [1.807, 2.05) is 37.3 Å². The van der Waals surface area contributed by atoms with Crippen molar-refractivity contribution in [3.63, 3.8) is 0 Å². The van der Waals surface area contributed by atoms with Crippen LogP contribution < -0.4 is 4.74 Å². The highest BCUT2D eigenvalue weighted by atomic mass is 16.6. The lowest BCUT2D eigenvalue weighted by Gasteiger charge is -2.23. The minimum Gasteiger partial charge on any atom is -0.482 e. The molecule has 6 nitrogen and oxygen atoms in total. The van der Waals surface area contributed by atoms with Crippen LogP contribution in [0.3, 0.4) is 0 Å². The third-order valence-electron chi connectivity index (χ3n) is 6.08. The van der Waals surface area contributed by atoms with E-state index in [0.717, 1.165) is 36.2 Å². The summed E-state index contributed by atoms with van der Waals surface area (Å²) in [6, 6.07) is 16.2. The average Bonchev–Trinajstić information content (AvgIpc) is 3.22. The molecule has 1 aromatic heterocycles. The number of aliphatic carboxylic acids is 1. The van der Waals surface area contributed by atoms with Gasteiger partial charge in [-0.15, -0.1) is 0 Å². The number of carboxylic acids is 1. The van der Waals surface area contributed by atoms with Crippen molar-refractivity contribution in [1.82, 2.24) is 4.57 Å². The number of benzene rings is 2. The molecule has 0 bridgehead atoms. The summed E-state index contributed by atoms with van der Waals surface area (Å²) >= 11 is 0. The number of aromatic nitrogens is 1. The maximum absolute atomic E-state index is 10.8. The van der Waals surface area contributed by atoms with Crippen LogP contribution in [0, 0.1) is 12.8 Å². The molecule has 2 aromatic carbocycles. The maximum atomic E-state index is 10.8. The number of aryl methyl sites for hydroxylation is 1. The number of oxime groups is 1. The molecular formula is C26H30N2O4. The van der Waals surface area contributed by atoms with Gasteiger partial charge in [0.05, 0.1) is 12.3 Å². The van der Waals surface area contributed by atoms with Crippen molar-refractivity contribution in [1.29, 1.82) is 0 Å². The molecule has 0 aliphatic heterocycles. The van der Waals surface area contributed by atoms with E-state index in [0.29, 0.717) is 18.3 Å². The van der Waals surface area contributed by atoms with Crippen molar-refractivity contribution >= 4 is 22.6 Å². The fourth-order valence-corrected chi connectivity index (χ4v) is 4.44. The minimum atomic E-state index is -0.984. The molecule has 168 valence electrons. The first-order chi connectivity index (χ1) is 15.6. The number of hydrogen-bond donors (Lipinski definition) is 1. The molecule has 1 heterocycles. The fraction of sp³-hybridized carbons (Fsp3) is 0.385. The van der Waals surface area contributed by atoms with Gasteiger partial charge in [0, 0.05) is 23.2 Å². The standard InChI is InChI=1S/C26H30N2O4/c1-19-17-22(11-12-24(19)31-18-25(29)30)26(21-8-3-2-4-9-21)27-32-16-15-28-14-13-20-7-5-6-10-23(20)28/h5-7,10-14,17,21H,2-4,8-9,15-16,18H2,1H3,(H,29,30)/b27-26+. The maximum Gasteiger partial charge on any atom is 0.341 e. The predicted molar refractivity (Wildman–Crippen MR) is 125 cm³/mol. The van der Waals surface area contributed by atoms with Gasteiger partial charge in [0.1, 0.15) is 12.4 Å². The fourth-order valence-electron chi connectivity index (χ4n) is 4.44. The van der Waals surface area contributed by atoms with Gasteiger partial charge in [-0.05, 0) is 61.0 Å². The summed E-state index contributed by atoms with van der Waals surface area (Å²) in [6.07, 6.45) is 7.99. The molecule has 1 N–H and O–H groups in total. The molecule has 4 rings (SSSR count). The SMILES string of the molecule is Cc1cc(/C(=N/OCCn2ccc3ccccc32)C2CCCCC2)ccc1OCC(=O)O. The number of carboxylic acid groups (broad SMARTS) is 1. The zero-order chi connectivity index (χ0) is 22.3. The van der Waals surface area contributed by atoms with Crippen LogP contribution in [0.4, 0.5) is 0 Å². The van der Waals surface area contributed by atoms with Crippen molar-refractivity contribution in [3.05, 3.63) is 65.9 Å². The molecule has 0 atom stereocenters. The summed E-state index contributed by atoms with van der Waals surface area (Å²) in [5, 5.41) is 14.7. The van der Waals surface area contributed by atoms with E-state index < -0.39 is 5.97 Å². The molecule has 0 spiro atoms. The molecule has 1 saturated carbocycles. The van der Waals surface area contributed by atoms with E-state index in [-0.39, 0.29) is 6.61 Å². The van der Waals surface area contributed by atoms with Crippen molar-refractivity contribution in [2.75, 3.05) is 13.2 Å². The molecule has 1 fully saturated rings. The highest BCUT2D eigenvalue weighted by Gasteiger charge is 2.22. The molecule has 1 aliphatic rings. The van der Waals surface area contributed by atoms with Crippen molar-refractivity contribution in [3.8, 4) is 5.75 Å². The first kappa shape index (κ1) is 21.9. The Hall–Kier alpha value is -3.28. The summed E-state index contributed by atoms with van der Waals surface area (Å²) in [6.45, 7) is 2.81. The lowest BCUT2D eigenvalue weighted by molar-refractivity contribution is -0.139. The smallest absolute Gasteiger partial charge is 0.341 e. The van der Waals surface area contributed by atoms with Crippen molar-refractivity contribution in [2.45, 2.75) is 45.6 Å². The van der Waals surface area contributed by atoms with E-state index in [1.165, 1.54) is 30.2 Å². The topological polar surface area (TPSA) is 73.0 Å². The Morgan fingerprint density at radius 2 is 1.94 bits per heavy atom. The predicted octanol–water partition coefficient (Wildman–Crippen LogP) is 5.41. The Morgan fingerprint density at radius 3 is 2.72 bits per heavy atom. The van der Waals surface area contributed by atoms with Gasteiger partial charge < -0.3 is 19.2 Å². The molecule has 0 amide bonds. The van der Waals surface area contributed by atoms with Gasteiger partial charge in [0.15, 0.2) is 6.61 Å². The van der Waals surface area contributed by atoms with Crippen LogP contribution in [0.5, 0.6) is 5.75 Å². The molecule has 6 heteroatoms. The number of para-hydroxylation sites is 1. The van der Waals surface area contributed by atoms with Gasteiger partial charge in [-0.1, -0.05) is 42.6 Å². The van der Waals surface area contributed by atoms with Crippen LogP contribution in [-0.4, -0.2) is 34.6 Å². The van der Waals surface area contributed by atoms with Crippen LogP contribution >= 0.6 is 0 Å². The second-order valence-corrected chi connectivity index (χ2v) is 8.38. The first-order valence-corrected chi connectivity index (χ1v) is 11.3. The highest BCUT2D eigenvalue weighted by molar-refractivity contribution is 6.02. The van der Waals surface area contributed by atoms with Gasteiger partial charge in [0.25, 0.3) is 0 Å². The Balaban J connectivity index is 1.48. The Bertz CT molecular complexity index is 1100. The monoisotopic (exact) mass is 434 g/mol. The second-order valence-electron chi connectivity index (χ2n) is 8.38. The van der Waals surface area contributed by atoms with Crippen molar-refractivity contribution in [2.24, 2.45) is 11.1 Å². The average molecular weight is 435 g/mol. The summed E-state index contributed by atoms with van der Waals surface area (Å²) in [5.41, 5.74) is 4.09. The Labute approximate surface area is 188 Å². The normalized spacial score (nSPS) is 15.1. The summed E-state index contributed by atoms with van der Waals surface area (Å²) in [5.74, 6) is -0.0253. The summed E-state index contributed by atoms with van der Waals surface area (Å²) < 4.78 is 7.56. The zero-order valence-corrected chi connectivity index (χ0v) is 18.5. The Morgan fingerprint density at radius 1 is 1.12 bits per heavy atom. The van der Waals surface area contributed by atoms with Crippen LogP contribution in [0.1, 0.15) is 43.2 Å². The van der Waals surface area contributed by atoms with Crippen molar-refractivity contribution < 1.29 is 19.5 Å². The van der Waals surface area contributed by atoms with E-state index in [2.05, 4.69) is 34.1 Å². The second kappa shape index (κ2) is 10.4. The molecule has 1 aliphatic carbocycles. The molecular weight excluding hydrogens is 404 g/mol. The van der Waals surface area contributed by atoms with Crippen LogP contribution in [0.2, 0.25) is 0 Å². The van der Waals surface area contributed by atoms with Crippen LogP contribution in [0.25, 0.3) is 10.9 Å². The largest absolute Gasteiger partial charge is 0.482 e.